The van der Waals surface area contributed by atoms with Crippen LogP contribution in [0, 0.1) is 5.92 Å². The lowest BCUT2D eigenvalue weighted by Gasteiger charge is -2.33. The number of para-hydroxylation sites is 3. The van der Waals surface area contributed by atoms with E-state index in [4.69, 9.17) is 4.98 Å². The monoisotopic (exact) mass is 305 g/mol. The van der Waals surface area contributed by atoms with E-state index >= 15 is 0 Å². The Morgan fingerprint density at radius 1 is 0.957 bits per heavy atom. The summed E-state index contributed by atoms with van der Waals surface area (Å²) in [4.78, 5) is 7.34. The molecule has 118 valence electrons. The van der Waals surface area contributed by atoms with Crippen LogP contribution in [0.5, 0.6) is 0 Å². The maximum absolute atomic E-state index is 4.83. The Morgan fingerprint density at radius 3 is 2.39 bits per heavy atom. The molecule has 0 atom stereocenters. The molecule has 0 saturated carbocycles. The highest BCUT2D eigenvalue weighted by Crippen LogP contribution is 2.26. The van der Waals surface area contributed by atoms with Crippen LogP contribution in [0.1, 0.15) is 18.7 Å². The fourth-order valence-corrected chi connectivity index (χ4v) is 3.67. The van der Waals surface area contributed by atoms with Gasteiger partial charge in [0.15, 0.2) is 0 Å². The highest BCUT2D eigenvalue weighted by atomic mass is 15.1. The molecule has 0 bridgehead atoms. The van der Waals surface area contributed by atoms with Crippen LogP contribution in [-0.2, 0) is 13.5 Å². The van der Waals surface area contributed by atoms with E-state index in [9.17, 15) is 0 Å². The van der Waals surface area contributed by atoms with Crippen molar-refractivity contribution in [2.24, 2.45) is 13.0 Å². The zero-order valence-electron chi connectivity index (χ0n) is 13.7. The molecule has 0 amide bonds. The minimum atomic E-state index is 0.741. The normalized spacial score (nSPS) is 16.1. The summed E-state index contributed by atoms with van der Waals surface area (Å²) in [5.74, 6) is 1.97. The third-order valence-corrected chi connectivity index (χ3v) is 5.09. The molecule has 0 radical (unpaired) electrons. The Hall–Kier alpha value is -2.29. The standard InChI is InChI=1S/C20H23N3/c1-22-19-10-6-5-9-18(19)21-20(22)15-16-11-13-23(14-12-16)17-7-3-2-4-8-17/h2-10,16H,11-15H2,1H3. The molecule has 0 spiro atoms. The molecule has 2 heterocycles. The van der Waals surface area contributed by atoms with Crippen LogP contribution in [-0.4, -0.2) is 22.6 Å². The Morgan fingerprint density at radius 2 is 1.65 bits per heavy atom. The first-order valence-corrected chi connectivity index (χ1v) is 8.51. The average Bonchev–Trinajstić information content (AvgIpc) is 2.93. The fraction of sp³-hybridized carbons (Fsp3) is 0.350. The van der Waals surface area contributed by atoms with Gasteiger partial charge in [0.1, 0.15) is 5.82 Å². The number of benzene rings is 2. The number of rotatable bonds is 3. The van der Waals surface area contributed by atoms with Gasteiger partial charge in [-0.25, -0.2) is 4.98 Å². The molecule has 3 aromatic rings. The van der Waals surface area contributed by atoms with Crippen molar-refractivity contribution in [2.45, 2.75) is 19.3 Å². The number of aromatic nitrogens is 2. The molecular weight excluding hydrogens is 282 g/mol. The number of piperidine rings is 1. The van der Waals surface area contributed by atoms with E-state index < -0.39 is 0 Å². The third kappa shape index (κ3) is 2.83. The molecule has 1 aromatic heterocycles. The maximum Gasteiger partial charge on any atom is 0.109 e. The lowest BCUT2D eigenvalue weighted by molar-refractivity contribution is 0.394. The van der Waals surface area contributed by atoms with Crippen LogP contribution in [0.25, 0.3) is 11.0 Å². The molecule has 2 aromatic carbocycles. The van der Waals surface area contributed by atoms with Crippen molar-refractivity contribution < 1.29 is 0 Å². The van der Waals surface area contributed by atoms with Crippen molar-refractivity contribution in [2.75, 3.05) is 18.0 Å². The van der Waals surface area contributed by atoms with E-state index in [0.29, 0.717) is 0 Å². The predicted octanol–water partition coefficient (Wildman–Crippen LogP) is 4.03. The number of hydrogen-bond acceptors (Lipinski definition) is 2. The van der Waals surface area contributed by atoms with Crippen LogP contribution in [0.4, 0.5) is 5.69 Å². The molecule has 0 N–H and O–H groups in total. The first kappa shape index (κ1) is 14.3. The van der Waals surface area contributed by atoms with Gasteiger partial charge in [0, 0.05) is 32.2 Å². The molecule has 1 aliphatic rings. The quantitative estimate of drug-likeness (QED) is 0.728. The molecule has 1 aliphatic heterocycles. The van der Waals surface area contributed by atoms with E-state index in [2.05, 4.69) is 71.1 Å². The van der Waals surface area contributed by atoms with Crippen LogP contribution in [0.3, 0.4) is 0 Å². The summed E-state index contributed by atoms with van der Waals surface area (Å²) in [7, 11) is 2.14. The van der Waals surface area contributed by atoms with Gasteiger partial charge in [-0.2, -0.15) is 0 Å². The zero-order chi connectivity index (χ0) is 15.6. The van der Waals surface area contributed by atoms with Gasteiger partial charge in [-0.1, -0.05) is 30.3 Å². The summed E-state index contributed by atoms with van der Waals surface area (Å²) >= 11 is 0. The topological polar surface area (TPSA) is 21.1 Å². The fourth-order valence-electron chi connectivity index (χ4n) is 3.67. The van der Waals surface area contributed by atoms with Crippen molar-refractivity contribution in [3.63, 3.8) is 0 Å². The van der Waals surface area contributed by atoms with Crippen molar-refractivity contribution in [1.82, 2.24) is 9.55 Å². The summed E-state index contributed by atoms with van der Waals surface area (Å²) in [6.07, 6.45) is 3.59. The lowest BCUT2D eigenvalue weighted by Crippen LogP contribution is -2.34. The van der Waals surface area contributed by atoms with E-state index in [1.54, 1.807) is 0 Å². The SMILES string of the molecule is Cn1c(CC2CCN(c3ccccc3)CC2)nc2ccccc21. The zero-order valence-corrected chi connectivity index (χ0v) is 13.7. The minimum Gasteiger partial charge on any atom is -0.372 e. The van der Waals surface area contributed by atoms with Crippen LogP contribution >= 0.6 is 0 Å². The summed E-state index contributed by atoms with van der Waals surface area (Å²) in [6, 6.07) is 19.2. The first-order valence-electron chi connectivity index (χ1n) is 8.51. The van der Waals surface area contributed by atoms with Crippen LogP contribution in [0.2, 0.25) is 0 Å². The van der Waals surface area contributed by atoms with Crippen molar-refractivity contribution in [1.29, 1.82) is 0 Å². The number of imidazole rings is 1. The number of aryl methyl sites for hydroxylation is 1. The van der Waals surface area contributed by atoms with Gasteiger partial charge < -0.3 is 9.47 Å². The predicted molar refractivity (Wildman–Crippen MR) is 95.8 cm³/mol. The maximum atomic E-state index is 4.83. The van der Waals surface area contributed by atoms with Gasteiger partial charge in [-0.05, 0) is 43.0 Å². The molecule has 3 nitrogen and oxygen atoms in total. The van der Waals surface area contributed by atoms with Gasteiger partial charge >= 0.3 is 0 Å². The van der Waals surface area contributed by atoms with Gasteiger partial charge in [-0.3, -0.25) is 0 Å². The Kier molecular flexibility index (Phi) is 3.78. The highest BCUT2D eigenvalue weighted by Gasteiger charge is 2.21. The van der Waals surface area contributed by atoms with Crippen LogP contribution < -0.4 is 4.90 Å². The molecule has 0 unspecified atom stereocenters. The Balaban J connectivity index is 1.43. The average molecular weight is 305 g/mol. The number of nitrogens with zero attached hydrogens (tertiary/aromatic N) is 3. The second-order valence-electron chi connectivity index (χ2n) is 6.55. The van der Waals surface area contributed by atoms with Gasteiger partial charge in [0.05, 0.1) is 11.0 Å². The number of anilines is 1. The van der Waals surface area contributed by atoms with Gasteiger partial charge in [0.25, 0.3) is 0 Å². The summed E-state index contributed by atoms with van der Waals surface area (Å²) in [6.45, 7) is 2.30. The number of hydrogen-bond donors (Lipinski definition) is 0. The highest BCUT2D eigenvalue weighted by molar-refractivity contribution is 5.75. The van der Waals surface area contributed by atoms with E-state index in [-0.39, 0.29) is 0 Å². The van der Waals surface area contributed by atoms with Gasteiger partial charge in [0.2, 0.25) is 0 Å². The summed E-state index contributed by atoms with van der Waals surface area (Å²) < 4.78 is 2.26. The number of fused-ring (bicyclic) bond motifs is 1. The Bertz CT molecular complexity index is 783. The molecule has 3 heteroatoms. The molecule has 4 rings (SSSR count). The molecular formula is C20H23N3. The van der Waals surface area contributed by atoms with E-state index in [1.165, 1.54) is 29.9 Å². The van der Waals surface area contributed by atoms with Crippen molar-refractivity contribution >= 4 is 16.7 Å². The second-order valence-corrected chi connectivity index (χ2v) is 6.55. The van der Waals surface area contributed by atoms with Crippen LogP contribution in [0.15, 0.2) is 54.6 Å². The largest absolute Gasteiger partial charge is 0.372 e. The molecule has 0 aliphatic carbocycles. The van der Waals surface area contributed by atoms with Crippen molar-refractivity contribution in [3.05, 3.63) is 60.4 Å². The third-order valence-electron chi connectivity index (χ3n) is 5.09. The first-order chi connectivity index (χ1) is 11.3. The Labute approximate surface area is 137 Å². The second kappa shape index (κ2) is 6.07. The van der Waals surface area contributed by atoms with Gasteiger partial charge in [-0.15, -0.1) is 0 Å². The molecule has 23 heavy (non-hydrogen) atoms. The molecule has 1 fully saturated rings. The minimum absolute atomic E-state index is 0.741. The van der Waals surface area contributed by atoms with E-state index in [0.717, 1.165) is 30.9 Å². The lowest BCUT2D eigenvalue weighted by atomic mass is 9.93. The summed E-state index contributed by atoms with van der Waals surface area (Å²) in [5, 5.41) is 0. The smallest absolute Gasteiger partial charge is 0.109 e. The summed E-state index contributed by atoms with van der Waals surface area (Å²) in [5.41, 5.74) is 3.71. The van der Waals surface area contributed by atoms with E-state index in [1.807, 2.05) is 0 Å². The molecule has 1 saturated heterocycles. The van der Waals surface area contributed by atoms with Crippen molar-refractivity contribution in [3.8, 4) is 0 Å².